The summed E-state index contributed by atoms with van der Waals surface area (Å²) in [5, 5.41) is 13.4. The van der Waals surface area contributed by atoms with Gasteiger partial charge in [-0.05, 0) is 72.9 Å². The van der Waals surface area contributed by atoms with Crippen molar-refractivity contribution < 1.29 is 14.6 Å². The van der Waals surface area contributed by atoms with E-state index in [2.05, 4.69) is 67.5 Å². The van der Waals surface area contributed by atoms with Crippen molar-refractivity contribution in [3.63, 3.8) is 0 Å². The Morgan fingerprint density at radius 3 is 2.57 bits per heavy atom. The summed E-state index contributed by atoms with van der Waals surface area (Å²) in [6.45, 7) is 7.67. The Kier molecular flexibility index (Phi) is 9.65. The Balaban J connectivity index is 0.939. The van der Waals surface area contributed by atoms with E-state index in [0.717, 1.165) is 79.4 Å². The zero-order valence-corrected chi connectivity index (χ0v) is 27.8. The number of nitrogen functional groups attached to an aromatic ring is 1. The van der Waals surface area contributed by atoms with Gasteiger partial charge < -0.3 is 20.9 Å². The van der Waals surface area contributed by atoms with Crippen LogP contribution in [0.2, 0.25) is 0 Å². The first-order valence-corrected chi connectivity index (χ1v) is 17.7. The standard InChI is InChI=1S/C37H44N6O3S/c1-24-39-22-35(47-24)29-20-31(36(38)40-21-29)37(45)41-32-3-2-4-34(32)46-23-25-5-7-26(8-6-25)27-9-11-30-28(19-27)10-12-33(30)43-15-13-42(14-16-43)17-18-44/h5-9,11,19-22,32-34,44H,2-4,10,12-18,23H2,1H3,(H2,38,40)(H,41,45)/t32-,33-,34-/m0/s1. The molecule has 2 aromatic heterocycles. The molecule has 2 aromatic carbocycles. The summed E-state index contributed by atoms with van der Waals surface area (Å²) >= 11 is 1.56. The van der Waals surface area contributed by atoms with Crippen molar-refractivity contribution in [2.75, 3.05) is 45.1 Å². The smallest absolute Gasteiger partial charge is 0.255 e. The SMILES string of the molecule is Cc1ncc(-c2cnc(N)c(C(=O)N[C@H]3CCC[C@@H]3OCc3ccc(-c4ccc5c(c4)CC[C@@H]5N4CCN(CCO)CC4)cc3)c2)s1. The average Bonchev–Trinajstić information content (AvgIpc) is 3.84. The molecule has 0 bridgehead atoms. The molecule has 7 rings (SSSR count). The second-order valence-corrected chi connectivity index (χ2v) is 14.3. The van der Waals surface area contributed by atoms with Crippen LogP contribution in [0.3, 0.4) is 0 Å². The zero-order valence-electron chi connectivity index (χ0n) is 27.0. The third-order valence-electron chi connectivity index (χ3n) is 10.0. The van der Waals surface area contributed by atoms with Crippen molar-refractivity contribution in [3.8, 4) is 21.6 Å². The van der Waals surface area contributed by atoms with Crippen LogP contribution in [0.4, 0.5) is 5.82 Å². The molecule has 3 atom stereocenters. The number of carbonyl (C=O) groups is 1. The first-order chi connectivity index (χ1) is 22.9. The van der Waals surface area contributed by atoms with Gasteiger partial charge in [-0.25, -0.2) is 9.97 Å². The zero-order chi connectivity index (χ0) is 32.3. The van der Waals surface area contributed by atoms with Crippen LogP contribution in [-0.2, 0) is 17.8 Å². The number of rotatable bonds is 10. The summed E-state index contributed by atoms with van der Waals surface area (Å²) in [6, 6.07) is 17.9. The first kappa shape index (κ1) is 31.9. The lowest BCUT2D eigenvalue weighted by Gasteiger charge is -2.38. The van der Waals surface area contributed by atoms with Crippen molar-refractivity contribution in [1.29, 1.82) is 0 Å². The predicted octanol–water partition coefficient (Wildman–Crippen LogP) is 5.23. The van der Waals surface area contributed by atoms with E-state index in [4.69, 9.17) is 10.5 Å². The number of nitrogens with one attached hydrogen (secondary N) is 1. The van der Waals surface area contributed by atoms with E-state index in [1.54, 1.807) is 29.8 Å². The van der Waals surface area contributed by atoms with Crippen molar-refractivity contribution in [2.45, 2.75) is 63.8 Å². The van der Waals surface area contributed by atoms with Crippen LogP contribution in [0.1, 0.15) is 63.8 Å². The average molecular weight is 653 g/mol. The summed E-state index contributed by atoms with van der Waals surface area (Å²) in [5.74, 6) is 0.00354. The van der Waals surface area contributed by atoms with Crippen LogP contribution >= 0.6 is 11.3 Å². The van der Waals surface area contributed by atoms with E-state index < -0.39 is 0 Å². The number of fused-ring (bicyclic) bond motifs is 1. The fourth-order valence-corrected chi connectivity index (χ4v) is 8.17. The number of aromatic nitrogens is 2. The highest BCUT2D eigenvalue weighted by atomic mass is 32.1. The molecule has 0 radical (unpaired) electrons. The van der Waals surface area contributed by atoms with Crippen molar-refractivity contribution in [1.82, 2.24) is 25.1 Å². The van der Waals surface area contributed by atoms with Crippen LogP contribution in [0, 0.1) is 6.92 Å². The number of thiazole rings is 1. The Morgan fingerprint density at radius 1 is 1.00 bits per heavy atom. The number of pyridine rings is 1. The van der Waals surface area contributed by atoms with Gasteiger partial charge in [0.25, 0.3) is 5.91 Å². The monoisotopic (exact) mass is 652 g/mol. The molecule has 4 N–H and O–H groups in total. The molecule has 0 spiro atoms. The van der Waals surface area contributed by atoms with Gasteiger partial charge in [0, 0.05) is 56.7 Å². The number of hydrogen-bond donors (Lipinski definition) is 3. The molecule has 3 aliphatic rings. The Labute approximate surface area is 280 Å². The Morgan fingerprint density at radius 2 is 1.81 bits per heavy atom. The molecule has 4 aromatic rings. The molecule has 3 heterocycles. The number of ether oxygens (including phenoxy) is 1. The third kappa shape index (κ3) is 7.12. The molecule has 10 heteroatoms. The maximum atomic E-state index is 13.3. The predicted molar refractivity (Wildman–Crippen MR) is 186 cm³/mol. The molecule has 1 saturated carbocycles. The quantitative estimate of drug-likeness (QED) is 0.213. The summed E-state index contributed by atoms with van der Waals surface area (Å²) in [7, 11) is 0. The topological polar surface area (TPSA) is 117 Å². The molecular weight excluding hydrogens is 609 g/mol. The maximum Gasteiger partial charge on any atom is 0.255 e. The molecular formula is C37H44N6O3S. The lowest BCUT2D eigenvalue weighted by atomic mass is 9.98. The summed E-state index contributed by atoms with van der Waals surface area (Å²) < 4.78 is 6.37. The lowest BCUT2D eigenvalue weighted by Crippen LogP contribution is -2.47. The normalized spacial score (nSPS) is 21.6. The molecule has 9 nitrogen and oxygen atoms in total. The summed E-state index contributed by atoms with van der Waals surface area (Å²) in [5.41, 5.74) is 13.9. The van der Waals surface area contributed by atoms with Gasteiger partial charge in [-0.3, -0.25) is 14.6 Å². The van der Waals surface area contributed by atoms with Gasteiger partial charge in [-0.2, -0.15) is 0 Å². The number of benzene rings is 2. The number of aryl methyl sites for hydroxylation is 2. The van der Waals surface area contributed by atoms with Gasteiger partial charge in [0.05, 0.1) is 40.8 Å². The van der Waals surface area contributed by atoms with E-state index >= 15 is 0 Å². The second-order valence-electron chi connectivity index (χ2n) is 13.0. The van der Waals surface area contributed by atoms with Gasteiger partial charge in [-0.1, -0.05) is 42.5 Å². The number of β-amino-alcohol motifs (C(OH)–C–C–N with tert-alkyl or cyclic N) is 1. The Bertz CT molecular complexity index is 1700. The fourth-order valence-electron chi connectivity index (χ4n) is 7.41. The molecule has 246 valence electrons. The van der Waals surface area contributed by atoms with Crippen LogP contribution < -0.4 is 11.1 Å². The number of hydrogen-bond acceptors (Lipinski definition) is 9. The van der Waals surface area contributed by atoms with Crippen LogP contribution in [-0.4, -0.2) is 82.3 Å². The minimum Gasteiger partial charge on any atom is -0.395 e. The van der Waals surface area contributed by atoms with Gasteiger partial charge in [0.15, 0.2) is 0 Å². The van der Waals surface area contributed by atoms with Crippen LogP contribution in [0.25, 0.3) is 21.6 Å². The highest BCUT2D eigenvalue weighted by Crippen LogP contribution is 2.38. The van der Waals surface area contributed by atoms with Gasteiger partial charge >= 0.3 is 0 Å². The van der Waals surface area contributed by atoms with Crippen molar-refractivity contribution >= 4 is 23.1 Å². The third-order valence-corrected chi connectivity index (χ3v) is 11.0. The van der Waals surface area contributed by atoms with E-state index in [0.29, 0.717) is 18.2 Å². The van der Waals surface area contributed by atoms with E-state index in [-0.39, 0.29) is 30.5 Å². The maximum absolute atomic E-state index is 13.3. The number of aliphatic hydroxyl groups excluding tert-OH is 1. The van der Waals surface area contributed by atoms with E-state index in [1.807, 2.05) is 6.92 Å². The van der Waals surface area contributed by atoms with Crippen molar-refractivity contribution in [3.05, 3.63) is 88.2 Å². The largest absolute Gasteiger partial charge is 0.395 e. The number of amides is 1. The van der Waals surface area contributed by atoms with Gasteiger partial charge in [0.1, 0.15) is 5.82 Å². The van der Waals surface area contributed by atoms with E-state index in [1.165, 1.54) is 28.7 Å². The highest BCUT2D eigenvalue weighted by molar-refractivity contribution is 7.15. The molecule has 1 saturated heterocycles. The molecule has 2 aliphatic carbocycles. The number of carbonyl (C=O) groups excluding carboxylic acids is 1. The summed E-state index contributed by atoms with van der Waals surface area (Å²) in [6.07, 6.45) is 8.52. The molecule has 0 unspecified atom stereocenters. The van der Waals surface area contributed by atoms with Crippen molar-refractivity contribution in [2.24, 2.45) is 0 Å². The Hall–Kier alpha value is -3.67. The second kappa shape index (κ2) is 14.2. The number of nitrogens with two attached hydrogens (primary N) is 1. The molecule has 2 fully saturated rings. The minimum absolute atomic E-state index is 0.0533. The summed E-state index contributed by atoms with van der Waals surface area (Å²) in [4.78, 5) is 27.8. The first-order valence-electron chi connectivity index (χ1n) is 16.9. The fraction of sp³-hybridized carbons (Fsp3) is 0.432. The van der Waals surface area contributed by atoms with Crippen LogP contribution in [0.5, 0.6) is 0 Å². The number of anilines is 1. The minimum atomic E-state index is -0.218. The molecule has 1 amide bonds. The highest BCUT2D eigenvalue weighted by Gasteiger charge is 2.32. The number of piperazine rings is 1. The van der Waals surface area contributed by atoms with Gasteiger partial charge in [0.2, 0.25) is 0 Å². The van der Waals surface area contributed by atoms with Crippen LogP contribution in [0.15, 0.2) is 60.9 Å². The molecule has 1 aliphatic heterocycles. The van der Waals surface area contributed by atoms with Gasteiger partial charge in [-0.15, -0.1) is 11.3 Å². The number of nitrogens with zero attached hydrogens (tertiary/aromatic N) is 4. The van der Waals surface area contributed by atoms with E-state index in [9.17, 15) is 9.90 Å². The number of aliphatic hydroxyl groups is 1. The molecule has 47 heavy (non-hydrogen) atoms. The lowest BCUT2D eigenvalue weighted by molar-refractivity contribution is 0.0272.